The van der Waals surface area contributed by atoms with Gasteiger partial charge in [0, 0.05) is 6.66 Å². The van der Waals surface area contributed by atoms with E-state index in [2.05, 4.69) is 9.05 Å². The van der Waals surface area contributed by atoms with E-state index in [4.69, 9.17) is 0 Å². The summed E-state index contributed by atoms with van der Waals surface area (Å²) in [6.07, 6.45) is 2.65. The van der Waals surface area contributed by atoms with Crippen LogP contribution >= 0.6 is 7.60 Å². The molecule has 0 amide bonds. The van der Waals surface area contributed by atoms with Gasteiger partial charge in [0.25, 0.3) is 0 Å². The van der Waals surface area contributed by atoms with Crippen LogP contribution in [0.4, 0.5) is 8.78 Å². The average Bonchev–Trinajstić information content (AvgIpc) is 2.05. The minimum Gasteiger partial charge on any atom is -0.304 e. The lowest BCUT2D eigenvalue weighted by atomic mass is 10.7. The highest BCUT2D eigenvalue weighted by molar-refractivity contribution is 7.52. The second kappa shape index (κ2) is 6.95. The first-order chi connectivity index (χ1) is 6.12. The standard InChI is InChI=1S/C7H11F2O3P/c1-13(10,11-6-2-4-8)12-7-3-5-9/h2-5H,6-7H2,1H3. The molecule has 0 rings (SSSR count). The molecule has 0 saturated carbocycles. The van der Waals surface area contributed by atoms with Gasteiger partial charge in [-0.1, -0.05) is 0 Å². The van der Waals surface area contributed by atoms with Gasteiger partial charge in [-0.3, -0.25) is 4.57 Å². The van der Waals surface area contributed by atoms with Crippen molar-refractivity contribution in [2.24, 2.45) is 0 Å². The minimum atomic E-state index is -3.19. The van der Waals surface area contributed by atoms with Gasteiger partial charge >= 0.3 is 7.60 Å². The normalized spacial score (nSPS) is 16.8. The van der Waals surface area contributed by atoms with Crippen LogP contribution in [0, 0.1) is 0 Å². The van der Waals surface area contributed by atoms with Crippen LogP contribution in [0.25, 0.3) is 0 Å². The third-order valence-electron chi connectivity index (χ3n) is 0.989. The molecule has 0 aliphatic carbocycles. The molecule has 3 nitrogen and oxygen atoms in total. The fourth-order valence-corrected chi connectivity index (χ4v) is 1.26. The lowest BCUT2D eigenvalue weighted by Crippen LogP contribution is -1.94. The third-order valence-corrected chi connectivity index (χ3v) is 2.22. The largest absolute Gasteiger partial charge is 0.328 e. The molecule has 76 valence electrons. The van der Waals surface area contributed by atoms with Crippen LogP contribution < -0.4 is 0 Å². The molecule has 0 radical (unpaired) electrons. The summed E-state index contributed by atoms with van der Waals surface area (Å²) in [4.78, 5) is 0. The van der Waals surface area contributed by atoms with Crippen LogP contribution in [0.3, 0.4) is 0 Å². The summed E-state index contributed by atoms with van der Waals surface area (Å²) in [5.41, 5.74) is 0. The van der Waals surface area contributed by atoms with Gasteiger partial charge in [-0.05, 0) is 12.2 Å². The van der Waals surface area contributed by atoms with Crippen molar-refractivity contribution in [1.29, 1.82) is 0 Å². The Balaban J connectivity index is 3.73. The van der Waals surface area contributed by atoms with E-state index in [-0.39, 0.29) is 25.9 Å². The Labute approximate surface area is 75.6 Å². The van der Waals surface area contributed by atoms with Crippen molar-refractivity contribution >= 4 is 7.60 Å². The molecule has 0 saturated heterocycles. The Kier molecular flexibility index (Phi) is 6.68. The predicted molar refractivity (Wildman–Crippen MR) is 45.9 cm³/mol. The molecule has 13 heavy (non-hydrogen) atoms. The number of rotatable bonds is 6. The summed E-state index contributed by atoms with van der Waals surface area (Å²) in [6.45, 7) is 0.957. The van der Waals surface area contributed by atoms with Crippen molar-refractivity contribution in [2.75, 3.05) is 19.9 Å². The SMILES string of the molecule is CP(=O)(OCC=CF)OCC=CF. The van der Waals surface area contributed by atoms with Crippen LogP contribution in [0.2, 0.25) is 0 Å². The van der Waals surface area contributed by atoms with Crippen molar-refractivity contribution in [3.05, 3.63) is 24.8 Å². The van der Waals surface area contributed by atoms with Gasteiger partial charge in [0.2, 0.25) is 0 Å². The Morgan fingerprint density at radius 2 is 1.54 bits per heavy atom. The Morgan fingerprint density at radius 3 is 1.85 bits per heavy atom. The van der Waals surface area contributed by atoms with Crippen LogP contribution in [-0.4, -0.2) is 19.9 Å². The van der Waals surface area contributed by atoms with E-state index in [9.17, 15) is 13.3 Å². The van der Waals surface area contributed by atoms with E-state index in [1.165, 1.54) is 6.66 Å². The second-order valence-electron chi connectivity index (χ2n) is 2.09. The van der Waals surface area contributed by atoms with E-state index in [1.807, 2.05) is 0 Å². The first-order valence-electron chi connectivity index (χ1n) is 3.49. The molecule has 0 aliphatic rings. The molecule has 6 heteroatoms. The van der Waals surface area contributed by atoms with E-state index in [0.717, 1.165) is 12.2 Å². The highest BCUT2D eigenvalue weighted by atomic mass is 31.2. The lowest BCUT2D eigenvalue weighted by molar-refractivity contribution is 0.241. The van der Waals surface area contributed by atoms with Gasteiger partial charge in [0.1, 0.15) is 0 Å². The van der Waals surface area contributed by atoms with Crippen LogP contribution in [-0.2, 0) is 13.6 Å². The molecule has 0 heterocycles. The van der Waals surface area contributed by atoms with Crippen LogP contribution in [0.1, 0.15) is 0 Å². The zero-order valence-electron chi connectivity index (χ0n) is 7.15. The van der Waals surface area contributed by atoms with Gasteiger partial charge in [-0.25, -0.2) is 8.78 Å². The molecule has 0 N–H and O–H groups in total. The van der Waals surface area contributed by atoms with E-state index < -0.39 is 7.60 Å². The molecule has 0 fully saturated rings. The minimum absolute atomic E-state index is 0.135. The summed E-state index contributed by atoms with van der Waals surface area (Å²) in [5.74, 6) is 0. The summed E-state index contributed by atoms with van der Waals surface area (Å²) in [5, 5.41) is 0. The molecule has 0 aromatic carbocycles. The average molecular weight is 212 g/mol. The van der Waals surface area contributed by atoms with Gasteiger partial charge in [0.15, 0.2) is 0 Å². The van der Waals surface area contributed by atoms with Crippen molar-refractivity contribution in [2.45, 2.75) is 0 Å². The van der Waals surface area contributed by atoms with Gasteiger partial charge in [0.05, 0.1) is 25.9 Å². The summed E-state index contributed by atoms with van der Waals surface area (Å²) >= 11 is 0. The highest BCUT2D eigenvalue weighted by Gasteiger charge is 2.14. The molecule has 0 aliphatic heterocycles. The second-order valence-corrected chi connectivity index (χ2v) is 4.15. The monoisotopic (exact) mass is 212 g/mol. The predicted octanol–water partition coefficient (Wildman–Crippen LogP) is 2.81. The van der Waals surface area contributed by atoms with Gasteiger partial charge < -0.3 is 9.05 Å². The summed E-state index contributed by atoms with van der Waals surface area (Å²) in [6, 6.07) is 0. The van der Waals surface area contributed by atoms with Crippen molar-refractivity contribution in [1.82, 2.24) is 0 Å². The highest BCUT2D eigenvalue weighted by Crippen LogP contribution is 2.43. The first kappa shape index (κ1) is 12.5. The molecule has 0 aromatic heterocycles. The maximum absolute atomic E-state index is 11.4. The summed E-state index contributed by atoms with van der Waals surface area (Å²) in [7, 11) is -3.19. The molecular weight excluding hydrogens is 201 g/mol. The molecule has 0 spiro atoms. The Morgan fingerprint density at radius 1 is 1.15 bits per heavy atom. The third kappa shape index (κ3) is 7.84. The number of halogens is 2. The zero-order chi connectivity index (χ0) is 10.2. The maximum Gasteiger partial charge on any atom is 0.328 e. The van der Waals surface area contributed by atoms with Crippen LogP contribution in [0.15, 0.2) is 24.8 Å². The smallest absolute Gasteiger partial charge is 0.304 e. The fourth-order valence-electron chi connectivity index (χ4n) is 0.467. The van der Waals surface area contributed by atoms with E-state index in [1.54, 1.807) is 0 Å². The molecule has 0 bridgehead atoms. The molecule has 0 unspecified atom stereocenters. The molecular formula is C7H11F2O3P. The van der Waals surface area contributed by atoms with Crippen molar-refractivity contribution < 1.29 is 22.4 Å². The maximum atomic E-state index is 11.4. The Hall–Kier alpha value is -0.510. The quantitative estimate of drug-likeness (QED) is 0.635. The van der Waals surface area contributed by atoms with Crippen molar-refractivity contribution in [3.8, 4) is 0 Å². The molecule has 0 aromatic rings. The first-order valence-corrected chi connectivity index (χ1v) is 5.48. The van der Waals surface area contributed by atoms with Gasteiger partial charge in [-0.15, -0.1) is 0 Å². The van der Waals surface area contributed by atoms with Gasteiger partial charge in [-0.2, -0.15) is 0 Å². The lowest BCUT2D eigenvalue weighted by Gasteiger charge is -2.10. The number of hydrogen-bond acceptors (Lipinski definition) is 3. The fraction of sp³-hybridized carbons (Fsp3) is 0.429. The Bertz CT molecular complexity index is 208. The number of hydrogen-bond donors (Lipinski definition) is 0. The van der Waals surface area contributed by atoms with Crippen LogP contribution in [0.5, 0.6) is 0 Å². The molecule has 0 atom stereocenters. The van der Waals surface area contributed by atoms with E-state index in [0.29, 0.717) is 0 Å². The summed E-state index contributed by atoms with van der Waals surface area (Å²) < 4.78 is 43.4. The topological polar surface area (TPSA) is 35.5 Å². The van der Waals surface area contributed by atoms with Crippen molar-refractivity contribution in [3.63, 3.8) is 0 Å². The van der Waals surface area contributed by atoms with E-state index >= 15 is 0 Å². The zero-order valence-corrected chi connectivity index (χ0v) is 8.05.